The third kappa shape index (κ3) is 4.07. The van der Waals surface area contributed by atoms with Crippen LogP contribution in [0.2, 0.25) is 0 Å². The lowest BCUT2D eigenvalue weighted by Gasteiger charge is -2.04. The molecule has 120 valence electrons. The number of nitro benzene ring substituents is 1. The molecular formula is C12H8BrN3O6S. The molecule has 0 saturated heterocycles. The van der Waals surface area contributed by atoms with Crippen LogP contribution in [0.1, 0.15) is 11.5 Å². The molecule has 1 heterocycles. The van der Waals surface area contributed by atoms with Crippen LogP contribution in [-0.2, 0) is 4.79 Å². The van der Waals surface area contributed by atoms with Gasteiger partial charge in [0, 0.05) is 23.0 Å². The normalized spacial score (nSPS) is 11.5. The number of rotatable bonds is 5. The highest BCUT2D eigenvalue weighted by molar-refractivity contribution is 9.10. The van der Waals surface area contributed by atoms with E-state index in [2.05, 4.69) is 26.1 Å². The van der Waals surface area contributed by atoms with Crippen molar-refractivity contribution in [1.29, 1.82) is 0 Å². The van der Waals surface area contributed by atoms with Gasteiger partial charge in [-0.25, -0.2) is 4.79 Å². The maximum absolute atomic E-state index is 11.3. The van der Waals surface area contributed by atoms with E-state index in [1.807, 2.05) is 0 Å². The molecule has 2 aromatic rings. The lowest BCUT2D eigenvalue weighted by atomic mass is 10.1. The van der Waals surface area contributed by atoms with Crippen LogP contribution in [0, 0.1) is 17.0 Å². The van der Waals surface area contributed by atoms with Gasteiger partial charge in [-0.2, -0.15) is 0 Å². The highest BCUT2D eigenvalue weighted by Crippen LogP contribution is 2.36. The van der Waals surface area contributed by atoms with Crippen molar-refractivity contribution in [2.24, 2.45) is 0 Å². The molecule has 23 heavy (non-hydrogen) atoms. The Kier molecular flexibility index (Phi) is 5.01. The van der Waals surface area contributed by atoms with Crippen molar-refractivity contribution >= 4 is 45.4 Å². The molecule has 0 aliphatic rings. The smallest absolute Gasteiger partial charge is 0.342 e. The number of halogens is 1. The number of hydrogen-bond donors (Lipinski definition) is 2. The molecular weight excluding hydrogens is 394 g/mol. The number of hydrogen-bond acceptors (Lipinski definition) is 8. The monoisotopic (exact) mass is 401 g/mol. The summed E-state index contributed by atoms with van der Waals surface area (Å²) < 4.78 is 5.39. The van der Waals surface area contributed by atoms with Crippen molar-refractivity contribution in [3.63, 3.8) is 0 Å². The Morgan fingerprint density at radius 1 is 1.48 bits per heavy atom. The number of nitro groups is 1. The Morgan fingerprint density at radius 3 is 2.70 bits per heavy atom. The predicted octanol–water partition coefficient (Wildman–Crippen LogP) is 2.97. The van der Waals surface area contributed by atoms with Gasteiger partial charge >= 0.3 is 11.7 Å². The molecule has 0 radical (unpaired) electrons. The zero-order valence-electron chi connectivity index (χ0n) is 11.4. The molecule has 2 N–H and O–H groups in total. The quantitative estimate of drug-likeness (QED) is 0.334. The lowest BCUT2D eigenvalue weighted by molar-refractivity contribution is -0.385. The number of carbonyl (C=O) groups is 1. The van der Waals surface area contributed by atoms with Crippen LogP contribution in [0.15, 0.2) is 31.2 Å². The van der Waals surface area contributed by atoms with Gasteiger partial charge in [0.05, 0.1) is 4.92 Å². The molecule has 0 unspecified atom stereocenters. The van der Waals surface area contributed by atoms with Crippen molar-refractivity contribution < 1.29 is 24.3 Å². The maximum Gasteiger partial charge on any atom is 0.342 e. The fourth-order valence-corrected chi connectivity index (χ4v) is 2.71. The van der Waals surface area contributed by atoms with E-state index in [4.69, 9.17) is 4.42 Å². The van der Waals surface area contributed by atoms with Gasteiger partial charge in [-0.05, 0) is 23.9 Å². The molecule has 1 aromatic carbocycles. The molecule has 0 fully saturated rings. The minimum absolute atomic E-state index is 0.000126. The third-order valence-electron chi connectivity index (χ3n) is 2.48. The Balaban J connectivity index is 2.47. The second-order valence-electron chi connectivity index (χ2n) is 4.12. The fourth-order valence-electron chi connectivity index (χ4n) is 1.54. The largest absolute Gasteiger partial charge is 0.502 e. The molecule has 0 amide bonds. The molecule has 0 spiro atoms. The van der Waals surface area contributed by atoms with Crippen molar-refractivity contribution in [2.45, 2.75) is 12.1 Å². The first-order valence-electron chi connectivity index (χ1n) is 5.87. The van der Waals surface area contributed by atoms with E-state index in [0.29, 0.717) is 16.2 Å². The van der Waals surface area contributed by atoms with Crippen LogP contribution in [0.3, 0.4) is 0 Å². The highest BCUT2D eigenvalue weighted by Gasteiger charge is 2.20. The summed E-state index contributed by atoms with van der Waals surface area (Å²) in [6.45, 7) is 1.55. The second-order valence-corrected chi connectivity index (χ2v) is 6.03. The second kappa shape index (κ2) is 6.79. The van der Waals surface area contributed by atoms with E-state index in [0.717, 1.165) is 12.1 Å². The first-order valence-corrected chi connectivity index (χ1v) is 7.48. The van der Waals surface area contributed by atoms with E-state index in [1.54, 1.807) is 6.92 Å². The summed E-state index contributed by atoms with van der Waals surface area (Å²) in [5.41, 5.74) is -0.582. The molecule has 9 nitrogen and oxygen atoms in total. The van der Waals surface area contributed by atoms with Crippen molar-refractivity contribution in [3.05, 3.63) is 43.1 Å². The third-order valence-corrected chi connectivity index (χ3v) is 3.79. The van der Waals surface area contributed by atoms with Gasteiger partial charge in [0.25, 0.3) is 5.22 Å². The molecule has 0 saturated carbocycles. The van der Waals surface area contributed by atoms with Crippen molar-refractivity contribution in [3.8, 4) is 5.75 Å². The van der Waals surface area contributed by atoms with Crippen LogP contribution in [-0.4, -0.2) is 31.3 Å². The Bertz CT molecular complexity index is 819. The average Bonchev–Trinajstić information content (AvgIpc) is 2.86. The van der Waals surface area contributed by atoms with E-state index < -0.39 is 22.3 Å². The molecule has 2 rings (SSSR count). The van der Waals surface area contributed by atoms with E-state index >= 15 is 0 Å². The summed E-state index contributed by atoms with van der Waals surface area (Å²) in [5, 5.41) is 37.3. The Labute approximate surface area is 141 Å². The fraction of sp³-hybridized carbons (Fsp3) is 0.0833. The molecule has 11 heteroatoms. The van der Waals surface area contributed by atoms with Gasteiger partial charge < -0.3 is 14.6 Å². The van der Waals surface area contributed by atoms with Crippen LogP contribution in [0.4, 0.5) is 5.69 Å². The van der Waals surface area contributed by atoms with Gasteiger partial charge in [-0.1, -0.05) is 15.9 Å². The summed E-state index contributed by atoms with van der Waals surface area (Å²) >= 11 is 3.74. The molecule has 0 atom stereocenters. The maximum atomic E-state index is 11.3. The van der Waals surface area contributed by atoms with Gasteiger partial charge in [0.15, 0.2) is 0 Å². The van der Waals surface area contributed by atoms with Crippen molar-refractivity contribution in [2.75, 3.05) is 0 Å². The summed E-state index contributed by atoms with van der Waals surface area (Å²) in [6, 6.07) is 2.46. The zero-order chi connectivity index (χ0) is 17.1. The summed E-state index contributed by atoms with van der Waals surface area (Å²) in [5.74, 6) is -1.69. The van der Waals surface area contributed by atoms with Gasteiger partial charge in [-0.15, -0.1) is 10.2 Å². The number of aromatic hydroxyl groups is 1. The van der Waals surface area contributed by atoms with E-state index in [1.165, 1.54) is 6.07 Å². The number of nitrogens with zero attached hydrogens (tertiary/aromatic N) is 3. The van der Waals surface area contributed by atoms with Crippen LogP contribution >= 0.6 is 27.7 Å². The topological polar surface area (TPSA) is 140 Å². The summed E-state index contributed by atoms with van der Waals surface area (Å²) in [6.07, 6.45) is 1.08. The van der Waals surface area contributed by atoms with E-state index in [9.17, 15) is 25.1 Å². The number of carboxylic acids is 1. The Morgan fingerprint density at radius 2 is 2.17 bits per heavy atom. The summed E-state index contributed by atoms with van der Waals surface area (Å²) in [4.78, 5) is 21.2. The highest BCUT2D eigenvalue weighted by atomic mass is 79.9. The SMILES string of the molecule is Cc1nnc(S/C(=C\c2cc(Br)cc([N+](=O)[O-])c2O)C(=O)O)o1. The minimum Gasteiger partial charge on any atom is -0.502 e. The first-order chi connectivity index (χ1) is 10.8. The van der Waals surface area contributed by atoms with Crippen molar-refractivity contribution in [1.82, 2.24) is 10.2 Å². The number of phenols is 1. The van der Waals surface area contributed by atoms with Crippen LogP contribution in [0.25, 0.3) is 6.08 Å². The number of benzene rings is 1. The first kappa shape index (κ1) is 17.0. The predicted molar refractivity (Wildman–Crippen MR) is 83.0 cm³/mol. The number of carboxylic acid groups (broad SMARTS) is 1. The molecule has 1 aromatic heterocycles. The van der Waals surface area contributed by atoms with E-state index in [-0.39, 0.29) is 21.6 Å². The number of phenolic OH excluding ortho intramolecular Hbond substituents is 1. The Hall–Kier alpha value is -2.40. The number of aryl methyl sites for hydroxylation is 1. The molecule has 0 aliphatic heterocycles. The zero-order valence-corrected chi connectivity index (χ0v) is 13.8. The lowest BCUT2D eigenvalue weighted by Crippen LogP contribution is -1.97. The van der Waals surface area contributed by atoms with Crippen LogP contribution < -0.4 is 0 Å². The number of thioether (sulfide) groups is 1. The number of aromatic nitrogens is 2. The van der Waals surface area contributed by atoms with Gasteiger partial charge in [0.2, 0.25) is 11.6 Å². The number of aliphatic carboxylic acids is 1. The summed E-state index contributed by atoms with van der Waals surface area (Å²) in [7, 11) is 0. The standard InChI is InChI=1S/C12H8BrN3O6S/c1-5-14-15-12(22-5)23-9(11(18)19)3-6-2-7(13)4-8(10(6)17)16(20)21/h2-4,17H,1H3,(H,18,19)/b9-3-. The molecule has 0 bridgehead atoms. The minimum atomic E-state index is -1.31. The van der Waals surface area contributed by atoms with Crippen LogP contribution in [0.5, 0.6) is 5.75 Å². The molecule has 0 aliphatic carbocycles. The average molecular weight is 402 g/mol. The van der Waals surface area contributed by atoms with Gasteiger partial charge in [-0.3, -0.25) is 10.1 Å². The van der Waals surface area contributed by atoms with Gasteiger partial charge in [0.1, 0.15) is 4.91 Å².